The zero-order valence-corrected chi connectivity index (χ0v) is 18.0. The Kier molecular flexibility index (Phi) is 6.42. The highest BCUT2D eigenvalue weighted by atomic mass is 35.5. The van der Waals surface area contributed by atoms with Gasteiger partial charge in [0.15, 0.2) is 5.75 Å². The van der Waals surface area contributed by atoms with Crippen molar-refractivity contribution in [3.05, 3.63) is 68.2 Å². The molecule has 0 aromatic heterocycles. The molecule has 2 aromatic rings. The van der Waals surface area contributed by atoms with E-state index in [1.54, 1.807) is 24.3 Å². The number of rotatable bonds is 5. The average Bonchev–Trinajstić information content (AvgIpc) is 2.93. The predicted molar refractivity (Wildman–Crippen MR) is 114 cm³/mol. The Bertz CT molecular complexity index is 978. The summed E-state index contributed by atoms with van der Waals surface area (Å²) in [5, 5.41) is 11.9. The van der Waals surface area contributed by atoms with Crippen molar-refractivity contribution in [1.29, 1.82) is 0 Å². The molecule has 0 aliphatic carbocycles. The molecule has 5 nitrogen and oxygen atoms in total. The van der Waals surface area contributed by atoms with Gasteiger partial charge in [-0.1, -0.05) is 53.9 Å². The van der Waals surface area contributed by atoms with Crippen LogP contribution in [-0.2, 0) is 9.59 Å². The van der Waals surface area contributed by atoms with E-state index in [-0.39, 0.29) is 32.7 Å². The Morgan fingerprint density at radius 1 is 1.10 bits per heavy atom. The molecule has 1 amide bonds. The van der Waals surface area contributed by atoms with E-state index < -0.39 is 17.7 Å². The number of methoxy groups -OCH3 is 1. The average molecular weight is 455 g/mol. The van der Waals surface area contributed by atoms with Gasteiger partial charge in [-0.2, -0.15) is 0 Å². The summed E-state index contributed by atoms with van der Waals surface area (Å²) in [5.74, 6) is -1.53. The number of halogens is 3. The van der Waals surface area contributed by atoms with E-state index in [2.05, 4.69) is 0 Å². The SMILES string of the molecule is CCCN1C(=O)C(=O)/C(=C(/O)c2cc(Cl)c(OC)c(Cl)c2)C1c1ccc(Cl)cc1. The van der Waals surface area contributed by atoms with Crippen molar-refractivity contribution in [2.75, 3.05) is 13.7 Å². The lowest BCUT2D eigenvalue weighted by Gasteiger charge is -2.25. The minimum absolute atomic E-state index is 0.0249. The third-order valence-corrected chi connectivity index (χ3v) is 5.48. The molecule has 0 spiro atoms. The number of ketones is 1. The van der Waals surface area contributed by atoms with Crippen molar-refractivity contribution >= 4 is 52.3 Å². The fraction of sp³-hybridized carbons (Fsp3) is 0.238. The Hall–Kier alpha value is -2.21. The molecular weight excluding hydrogens is 437 g/mol. The Morgan fingerprint density at radius 3 is 2.21 bits per heavy atom. The van der Waals surface area contributed by atoms with Gasteiger partial charge in [-0.05, 0) is 36.2 Å². The van der Waals surface area contributed by atoms with Crippen LogP contribution in [-0.4, -0.2) is 35.4 Å². The first-order chi connectivity index (χ1) is 13.8. The predicted octanol–water partition coefficient (Wildman–Crippen LogP) is 5.49. The third kappa shape index (κ3) is 3.95. The lowest BCUT2D eigenvalue weighted by Crippen LogP contribution is -2.30. The minimum atomic E-state index is -0.765. The molecule has 0 radical (unpaired) electrons. The Labute approximate surface area is 183 Å². The topological polar surface area (TPSA) is 66.8 Å². The van der Waals surface area contributed by atoms with E-state index in [0.717, 1.165) is 0 Å². The van der Waals surface area contributed by atoms with Crippen molar-refractivity contribution in [3.63, 3.8) is 0 Å². The fourth-order valence-electron chi connectivity index (χ4n) is 3.39. The Morgan fingerprint density at radius 2 is 1.69 bits per heavy atom. The first-order valence-electron chi connectivity index (χ1n) is 8.87. The van der Waals surface area contributed by atoms with Crippen molar-refractivity contribution < 1.29 is 19.4 Å². The molecule has 0 saturated carbocycles. The zero-order chi connectivity index (χ0) is 21.3. The van der Waals surface area contributed by atoms with Crippen LogP contribution in [0, 0.1) is 0 Å². The van der Waals surface area contributed by atoms with Gasteiger partial charge in [0, 0.05) is 17.1 Å². The quantitative estimate of drug-likeness (QED) is 0.369. The molecule has 1 heterocycles. The van der Waals surface area contributed by atoms with Crippen molar-refractivity contribution in [2.24, 2.45) is 0 Å². The number of aliphatic hydroxyl groups excluding tert-OH is 1. The molecule has 1 saturated heterocycles. The molecule has 1 N–H and O–H groups in total. The smallest absolute Gasteiger partial charge is 0.295 e. The molecule has 8 heteroatoms. The molecule has 152 valence electrons. The highest BCUT2D eigenvalue weighted by Gasteiger charge is 2.45. The third-order valence-electron chi connectivity index (χ3n) is 4.67. The minimum Gasteiger partial charge on any atom is -0.507 e. The zero-order valence-electron chi connectivity index (χ0n) is 15.7. The van der Waals surface area contributed by atoms with Crippen LogP contribution in [0.1, 0.15) is 30.5 Å². The van der Waals surface area contributed by atoms with Gasteiger partial charge in [0.1, 0.15) is 5.76 Å². The largest absolute Gasteiger partial charge is 0.507 e. The highest BCUT2D eigenvalue weighted by Crippen LogP contribution is 2.42. The van der Waals surface area contributed by atoms with Crippen LogP contribution in [0.25, 0.3) is 5.76 Å². The number of hydrogen-bond donors (Lipinski definition) is 1. The van der Waals surface area contributed by atoms with E-state index in [1.807, 2.05) is 6.92 Å². The molecule has 1 atom stereocenters. The van der Waals surface area contributed by atoms with Crippen LogP contribution in [0.3, 0.4) is 0 Å². The number of amides is 1. The van der Waals surface area contributed by atoms with Gasteiger partial charge in [-0.15, -0.1) is 0 Å². The summed E-state index contributed by atoms with van der Waals surface area (Å²) in [6.45, 7) is 2.26. The molecule has 29 heavy (non-hydrogen) atoms. The summed E-state index contributed by atoms with van der Waals surface area (Å²) in [7, 11) is 1.42. The summed E-state index contributed by atoms with van der Waals surface area (Å²) in [4.78, 5) is 26.9. The lowest BCUT2D eigenvalue weighted by molar-refractivity contribution is -0.139. The fourth-order valence-corrected chi connectivity index (χ4v) is 4.16. The summed E-state index contributed by atoms with van der Waals surface area (Å²) in [6.07, 6.45) is 0.650. The van der Waals surface area contributed by atoms with Gasteiger partial charge in [-0.25, -0.2) is 0 Å². The number of hydrogen-bond acceptors (Lipinski definition) is 4. The van der Waals surface area contributed by atoms with Crippen LogP contribution in [0.2, 0.25) is 15.1 Å². The number of Topliss-reactive ketones (excluding diaryl/α,β-unsaturated/α-hetero) is 1. The second-order valence-electron chi connectivity index (χ2n) is 6.52. The second kappa shape index (κ2) is 8.66. The number of carbonyl (C=O) groups is 2. The summed E-state index contributed by atoms with van der Waals surface area (Å²) in [5.41, 5.74) is 0.853. The van der Waals surface area contributed by atoms with Gasteiger partial charge in [-0.3, -0.25) is 9.59 Å². The molecule has 1 aliphatic heterocycles. The van der Waals surface area contributed by atoms with Gasteiger partial charge in [0.2, 0.25) is 0 Å². The van der Waals surface area contributed by atoms with E-state index >= 15 is 0 Å². The van der Waals surface area contributed by atoms with Crippen LogP contribution in [0.5, 0.6) is 5.75 Å². The molecule has 2 aromatic carbocycles. The molecular formula is C21H18Cl3NO4. The standard InChI is InChI=1S/C21H18Cl3NO4/c1-3-8-25-17(11-4-6-13(22)7-5-11)16(19(27)21(25)28)18(26)12-9-14(23)20(29-2)15(24)10-12/h4-7,9-10,17,26H,3,8H2,1-2H3/b18-16+. The number of ether oxygens (including phenoxy) is 1. The normalized spacial score (nSPS) is 18.4. The van der Waals surface area contributed by atoms with Crippen LogP contribution < -0.4 is 4.74 Å². The highest BCUT2D eigenvalue weighted by molar-refractivity contribution is 6.46. The van der Waals surface area contributed by atoms with E-state index in [9.17, 15) is 14.7 Å². The number of carbonyl (C=O) groups excluding carboxylic acids is 2. The molecule has 1 aliphatic rings. The van der Waals surface area contributed by atoms with E-state index in [4.69, 9.17) is 39.5 Å². The van der Waals surface area contributed by atoms with Crippen LogP contribution in [0.4, 0.5) is 0 Å². The Balaban J connectivity index is 2.21. The number of nitrogens with zero attached hydrogens (tertiary/aromatic N) is 1. The summed E-state index contributed by atoms with van der Waals surface area (Å²) in [6, 6.07) is 8.92. The van der Waals surface area contributed by atoms with E-state index in [0.29, 0.717) is 23.6 Å². The van der Waals surface area contributed by atoms with Crippen LogP contribution in [0.15, 0.2) is 42.0 Å². The molecule has 1 fully saturated rings. The second-order valence-corrected chi connectivity index (χ2v) is 7.77. The van der Waals surface area contributed by atoms with Crippen molar-refractivity contribution in [2.45, 2.75) is 19.4 Å². The maximum absolute atomic E-state index is 12.8. The van der Waals surface area contributed by atoms with E-state index in [1.165, 1.54) is 24.1 Å². The number of aliphatic hydroxyl groups is 1. The molecule has 1 unspecified atom stereocenters. The number of likely N-dealkylation sites (tertiary alicyclic amines) is 1. The number of benzene rings is 2. The molecule has 3 rings (SSSR count). The van der Waals surface area contributed by atoms with Gasteiger partial charge < -0.3 is 14.7 Å². The summed E-state index contributed by atoms with van der Waals surface area (Å²) < 4.78 is 5.12. The van der Waals surface area contributed by atoms with Crippen molar-refractivity contribution in [3.8, 4) is 5.75 Å². The van der Waals surface area contributed by atoms with Crippen molar-refractivity contribution in [1.82, 2.24) is 4.90 Å². The first kappa shape index (κ1) is 21.5. The van der Waals surface area contributed by atoms with Crippen LogP contribution >= 0.6 is 34.8 Å². The summed E-state index contributed by atoms with van der Waals surface area (Å²) >= 11 is 18.3. The monoisotopic (exact) mass is 453 g/mol. The lowest BCUT2D eigenvalue weighted by atomic mass is 9.95. The van der Waals surface area contributed by atoms with Gasteiger partial charge in [0.05, 0.1) is 28.8 Å². The maximum Gasteiger partial charge on any atom is 0.295 e. The molecule has 0 bridgehead atoms. The maximum atomic E-state index is 12.8. The van der Waals surface area contributed by atoms with Gasteiger partial charge in [0.25, 0.3) is 11.7 Å². The van der Waals surface area contributed by atoms with Gasteiger partial charge >= 0.3 is 0 Å². The first-order valence-corrected chi connectivity index (χ1v) is 10.0.